The van der Waals surface area contributed by atoms with Crippen LogP contribution in [-0.2, 0) is 4.79 Å². The van der Waals surface area contributed by atoms with E-state index >= 15 is 0 Å². The fraction of sp³-hybridized carbons (Fsp3) is 0.842. The molecule has 0 spiro atoms. The first-order valence-electron chi connectivity index (χ1n) is 9.92. The minimum atomic E-state index is -0.206. The van der Waals surface area contributed by atoms with E-state index in [4.69, 9.17) is 10.3 Å². The average Bonchev–Trinajstić information content (AvgIpc) is 3.30. The van der Waals surface area contributed by atoms with E-state index in [1.165, 1.54) is 19.3 Å². The van der Waals surface area contributed by atoms with Gasteiger partial charge < -0.3 is 15.6 Å². The summed E-state index contributed by atoms with van der Waals surface area (Å²) < 4.78 is 5.47. The van der Waals surface area contributed by atoms with Crippen LogP contribution in [0.1, 0.15) is 82.5 Å². The van der Waals surface area contributed by atoms with Crippen molar-refractivity contribution in [2.24, 2.45) is 29.4 Å². The van der Waals surface area contributed by atoms with E-state index in [-0.39, 0.29) is 29.8 Å². The average molecular weight is 346 g/mol. The SMILES string of the molecule is CC(C)C(NC(=O)C1CC2CCCC(C1)C2N)c1nc(C2CC2)no1. The van der Waals surface area contributed by atoms with Gasteiger partial charge in [0.1, 0.15) is 6.04 Å². The minimum absolute atomic E-state index is 0.0715. The molecule has 3 fully saturated rings. The predicted molar refractivity (Wildman–Crippen MR) is 93.5 cm³/mol. The molecule has 0 aromatic carbocycles. The highest BCUT2D eigenvalue weighted by molar-refractivity contribution is 5.79. The van der Waals surface area contributed by atoms with Crippen LogP contribution in [0.4, 0.5) is 0 Å². The molecule has 1 aromatic heterocycles. The third-order valence-corrected chi connectivity index (χ3v) is 6.41. The molecule has 6 nitrogen and oxygen atoms in total. The van der Waals surface area contributed by atoms with Crippen molar-refractivity contribution < 1.29 is 9.32 Å². The summed E-state index contributed by atoms with van der Waals surface area (Å²) in [6.45, 7) is 4.16. The lowest BCUT2D eigenvalue weighted by atomic mass is 9.65. The van der Waals surface area contributed by atoms with Gasteiger partial charge in [0, 0.05) is 17.9 Å². The van der Waals surface area contributed by atoms with Crippen LogP contribution in [0, 0.1) is 23.7 Å². The van der Waals surface area contributed by atoms with Crippen molar-refractivity contribution in [3.8, 4) is 0 Å². The highest BCUT2D eigenvalue weighted by atomic mass is 16.5. The zero-order chi connectivity index (χ0) is 17.6. The van der Waals surface area contributed by atoms with Crippen LogP contribution in [0.25, 0.3) is 0 Å². The number of amides is 1. The molecule has 0 aliphatic heterocycles. The molecule has 1 aromatic rings. The van der Waals surface area contributed by atoms with E-state index in [1.54, 1.807) is 0 Å². The van der Waals surface area contributed by atoms with Crippen LogP contribution >= 0.6 is 0 Å². The number of carbonyl (C=O) groups is 1. The van der Waals surface area contributed by atoms with Gasteiger partial charge in [0.2, 0.25) is 11.8 Å². The van der Waals surface area contributed by atoms with E-state index in [9.17, 15) is 4.79 Å². The molecule has 6 heteroatoms. The fourth-order valence-corrected chi connectivity index (χ4v) is 4.67. The van der Waals surface area contributed by atoms with Gasteiger partial charge in [-0.2, -0.15) is 4.98 Å². The van der Waals surface area contributed by atoms with Crippen molar-refractivity contribution in [1.29, 1.82) is 0 Å². The number of nitrogens with two attached hydrogens (primary N) is 1. The molecule has 1 heterocycles. The Morgan fingerprint density at radius 2 is 1.88 bits per heavy atom. The van der Waals surface area contributed by atoms with E-state index in [1.807, 2.05) is 0 Å². The Balaban J connectivity index is 1.43. The molecule has 25 heavy (non-hydrogen) atoms. The minimum Gasteiger partial charge on any atom is -0.344 e. The van der Waals surface area contributed by atoms with Gasteiger partial charge in [0.15, 0.2) is 5.82 Å². The van der Waals surface area contributed by atoms with Crippen LogP contribution in [-0.4, -0.2) is 22.1 Å². The maximum absolute atomic E-state index is 12.9. The molecule has 4 rings (SSSR count). The van der Waals surface area contributed by atoms with Crippen molar-refractivity contribution in [3.63, 3.8) is 0 Å². The first-order chi connectivity index (χ1) is 12.0. The maximum Gasteiger partial charge on any atom is 0.249 e. The second kappa shape index (κ2) is 6.71. The molecular formula is C19H30N4O2. The van der Waals surface area contributed by atoms with Gasteiger partial charge in [-0.05, 0) is 56.3 Å². The monoisotopic (exact) mass is 346 g/mol. The largest absolute Gasteiger partial charge is 0.344 e. The number of fused-ring (bicyclic) bond motifs is 2. The number of aromatic nitrogens is 2. The summed E-state index contributed by atoms with van der Waals surface area (Å²) >= 11 is 0. The predicted octanol–water partition coefficient (Wildman–Crippen LogP) is 2.91. The second-order valence-electron chi connectivity index (χ2n) is 8.69. The van der Waals surface area contributed by atoms with E-state index in [0.29, 0.717) is 23.6 Å². The fourth-order valence-electron chi connectivity index (χ4n) is 4.67. The van der Waals surface area contributed by atoms with Crippen molar-refractivity contribution in [2.45, 2.75) is 76.8 Å². The van der Waals surface area contributed by atoms with Crippen LogP contribution < -0.4 is 11.1 Å². The third kappa shape index (κ3) is 3.46. The first-order valence-corrected chi connectivity index (χ1v) is 9.92. The maximum atomic E-state index is 12.9. The summed E-state index contributed by atoms with van der Waals surface area (Å²) in [5, 5.41) is 7.31. The molecule has 3 aliphatic rings. The summed E-state index contributed by atoms with van der Waals surface area (Å²) in [5.74, 6) is 3.24. The van der Waals surface area contributed by atoms with Gasteiger partial charge in [-0.25, -0.2) is 0 Å². The van der Waals surface area contributed by atoms with Gasteiger partial charge in [-0.1, -0.05) is 25.4 Å². The van der Waals surface area contributed by atoms with Gasteiger partial charge in [0.05, 0.1) is 0 Å². The molecule has 0 saturated heterocycles. The highest BCUT2D eigenvalue weighted by Gasteiger charge is 2.41. The van der Waals surface area contributed by atoms with E-state index < -0.39 is 0 Å². The molecule has 138 valence electrons. The summed E-state index contributed by atoms with van der Waals surface area (Å²) in [5.41, 5.74) is 6.36. The smallest absolute Gasteiger partial charge is 0.249 e. The van der Waals surface area contributed by atoms with E-state index in [2.05, 4.69) is 29.3 Å². The van der Waals surface area contributed by atoms with Gasteiger partial charge in [-0.15, -0.1) is 0 Å². The van der Waals surface area contributed by atoms with Crippen molar-refractivity contribution >= 4 is 5.91 Å². The molecule has 1 amide bonds. The lowest BCUT2D eigenvalue weighted by molar-refractivity contribution is -0.129. The molecule has 3 saturated carbocycles. The molecule has 3 atom stereocenters. The molecule has 2 bridgehead atoms. The Kier molecular flexibility index (Phi) is 4.56. The quantitative estimate of drug-likeness (QED) is 0.855. The Hall–Kier alpha value is -1.43. The number of carbonyl (C=O) groups excluding carboxylic acids is 1. The van der Waals surface area contributed by atoms with Crippen LogP contribution in [0.5, 0.6) is 0 Å². The molecule has 3 aliphatic carbocycles. The number of nitrogens with zero attached hydrogens (tertiary/aromatic N) is 2. The lowest BCUT2D eigenvalue weighted by Crippen LogP contribution is -2.49. The van der Waals surface area contributed by atoms with Gasteiger partial charge >= 0.3 is 0 Å². The molecule has 0 radical (unpaired) electrons. The summed E-state index contributed by atoms with van der Waals surface area (Å²) in [6, 6.07) is 0.0821. The normalized spacial score (nSPS) is 33.3. The Labute approximate surface area is 149 Å². The van der Waals surface area contributed by atoms with Crippen molar-refractivity contribution in [1.82, 2.24) is 15.5 Å². The highest BCUT2D eigenvalue weighted by Crippen LogP contribution is 2.42. The van der Waals surface area contributed by atoms with E-state index in [0.717, 1.165) is 31.5 Å². The second-order valence-corrected chi connectivity index (χ2v) is 8.69. The topological polar surface area (TPSA) is 94.0 Å². The molecule has 3 N–H and O–H groups in total. The summed E-state index contributed by atoms with van der Waals surface area (Å²) in [6.07, 6.45) is 7.73. The summed E-state index contributed by atoms with van der Waals surface area (Å²) in [4.78, 5) is 17.5. The van der Waals surface area contributed by atoms with Gasteiger partial charge in [0.25, 0.3) is 0 Å². The Bertz CT molecular complexity index is 611. The molecule has 3 unspecified atom stereocenters. The zero-order valence-corrected chi connectivity index (χ0v) is 15.3. The molecular weight excluding hydrogens is 316 g/mol. The zero-order valence-electron chi connectivity index (χ0n) is 15.3. The Morgan fingerprint density at radius 3 is 2.48 bits per heavy atom. The van der Waals surface area contributed by atoms with Crippen molar-refractivity contribution in [2.75, 3.05) is 0 Å². The summed E-state index contributed by atoms with van der Waals surface area (Å²) in [7, 11) is 0. The lowest BCUT2D eigenvalue weighted by Gasteiger charge is -2.43. The van der Waals surface area contributed by atoms with Crippen LogP contribution in [0.15, 0.2) is 4.52 Å². The number of rotatable bonds is 5. The van der Waals surface area contributed by atoms with Crippen LogP contribution in [0.2, 0.25) is 0 Å². The van der Waals surface area contributed by atoms with Gasteiger partial charge in [-0.3, -0.25) is 4.79 Å². The van der Waals surface area contributed by atoms with Crippen molar-refractivity contribution in [3.05, 3.63) is 11.7 Å². The standard InChI is InChI=1S/C19H30N4O2/c1-10(2)16(19-22-17(23-25-19)11-6-7-11)21-18(24)14-8-12-4-3-5-13(9-14)15(12)20/h10-16H,3-9,20H2,1-2H3,(H,21,24). The third-order valence-electron chi connectivity index (χ3n) is 6.41. The number of hydrogen-bond acceptors (Lipinski definition) is 5. The first kappa shape index (κ1) is 17.0. The number of nitrogens with one attached hydrogen (secondary N) is 1. The van der Waals surface area contributed by atoms with Crippen LogP contribution in [0.3, 0.4) is 0 Å². The number of hydrogen-bond donors (Lipinski definition) is 2. The Morgan fingerprint density at radius 1 is 1.20 bits per heavy atom.